The lowest BCUT2D eigenvalue weighted by molar-refractivity contribution is -0.271. The number of benzene rings is 2. The van der Waals surface area contributed by atoms with Crippen LogP contribution in [0.3, 0.4) is 0 Å². The maximum Gasteiger partial charge on any atom is 0.302 e. The van der Waals surface area contributed by atoms with Crippen LogP contribution >= 0.6 is 0 Å². The van der Waals surface area contributed by atoms with Crippen molar-refractivity contribution in [1.29, 1.82) is 0 Å². The summed E-state index contributed by atoms with van der Waals surface area (Å²) < 4.78 is 22.9. The predicted octanol–water partition coefficient (Wildman–Crippen LogP) is 3.12. The molecule has 0 spiro atoms. The van der Waals surface area contributed by atoms with Crippen molar-refractivity contribution < 1.29 is 28.8 Å². The number of carbonyl (C=O) groups excluding carboxylic acids is 1. The summed E-state index contributed by atoms with van der Waals surface area (Å²) in [5, 5.41) is 14.1. The Morgan fingerprint density at radius 2 is 1.58 bits per heavy atom. The second kappa shape index (κ2) is 11.5. The number of rotatable bonds is 9. The van der Waals surface area contributed by atoms with Crippen molar-refractivity contribution >= 4 is 5.97 Å². The van der Waals surface area contributed by atoms with E-state index >= 15 is 0 Å². The van der Waals surface area contributed by atoms with Crippen molar-refractivity contribution in [3.63, 3.8) is 0 Å². The summed E-state index contributed by atoms with van der Waals surface area (Å²) in [6.07, 6.45) is -3.84. The summed E-state index contributed by atoms with van der Waals surface area (Å²) in [6.45, 7) is 1.59. The van der Waals surface area contributed by atoms with Crippen molar-refractivity contribution in [3.05, 3.63) is 82.2 Å². The number of hydrogen-bond donors (Lipinski definition) is 1. The van der Waals surface area contributed by atoms with Crippen LogP contribution in [0.25, 0.3) is 10.4 Å². The van der Waals surface area contributed by atoms with Gasteiger partial charge in [-0.15, -0.1) is 0 Å². The number of aliphatic hydroxyl groups is 1. The molecule has 2 aromatic rings. The van der Waals surface area contributed by atoms with E-state index in [1.54, 1.807) is 0 Å². The smallest absolute Gasteiger partial charge is 0.302 e. The molecule has 0 aromatic heterocycles. The average Bonchev–Trinajstić information content (AvgIpc) is 2.78. The Labute approximate surface area is 180 Å². The van der Waals surface area contributed by atoms with Gasteiger partial charge < -0.3 is 24.1 Å². The Kier molecular flexibility index (Phi) is 8.40. The molecule has 1 N–H and O–H groups in total. The van der Waals surface area contributed by atoms with Crippen LogP contribution in [0.2, 0.25) is 0 Å². The molecule has 1 heterocycles. The summed E-state index contributed by atoms with van der Waals surface area (Å²) in [5.74, 6) is -0.487. The van der Waals surface area contributed by atoms with Gasteiger partial charge in [0.05, 0.1) is 13.2 Å². The largest absolute Gasteiger partial charge is 0.463 e. The normalized spacial score (nSPS) is 25.4. The Balaban J connectivity index is 1.83. The third-order valence-electron chi connectivity index (χ3n) is 4.84. The van der Waals surface area contributed by atoms with Gasteiger partial charge in [-0.25, -0.2) is 0 Å². The molecule has 1 aliphatic heterocycles. The van der Waals surface area contributed by atoms with Crippen molar-refractivity contribution in [2.45, 2.75) is 50.8 Å². The summed E-state index contributed by atoms with van der Waals surface area (Å²) in [7, 11) is 0. The Morgan fingerprint density at radius 1 is 1.03 bits per heavy atom. The number of esters is 1. The fourth-order valence-corrected chi connectivity index (χ4v) is 3.35. The van der Waals surface area contributed by atoms with E-state index in [-0.39, 0.29) is 19.8 Å². The quantitative estimate of drug-likeness (QED) is 0.284. The van der Waals surface area contributed by atoms with Crippen LogP contribution in [0.4, 0.5) is 0 Å². The van der Waals surface area contributed by atoms with Crippen molar-refractivity contribution in [3.8, 4) is 0 Å². The highest BCUT2D eigenvalue weighted by Gasteiger charge is 2.47. The first-order valence-corrected chi connectivity index (χ1v) is 9.90. The van der Waals surface area contributed by atoms with E-state index in [0.29, 0.717) is 0 Å². The zero-order valence-electron chi connectivity index (χ0n) is 17.1. The molecule has 0 bridgehead atoms. The van der Waals surface area contributed by atoms with Crippen LogP contribution in [-0.2, 0) is 37.0 Å². The lowest BCUT2D eigenvalue weighted by Crippen LogP contribution is -2.59. The summed E-state index contributed by atoms with van der Waals surface area (Å²) >= 11 is 0. The standard InChI is InChI=1S/C22H25N3O6/c1-15(26)28-14-18-20(29-12-16-8-4-2-5-9-16)21(19(24-25-23)22(27)31-18)30-13-17-10-6-3-7-11-17/h2-11,18-22,27H,12-14H2,1H3/t18-,19-,20-,21-,22+/m1/s1. The lowest BCUT2D eigenvalue weighted by Gasteiger charge is -2.43. The third kappa shape index (κ3) is 6.52. The molecule has 31 heavy (non-hydrogen) atoms. The molecular formula is C22H25N3O6. The van der Waals surface area contributed by atoms with Gasteiger partial charge in [-0.3, -0.25) is 4.79 Å². The second-order valence-electron chi connectivity index (χ2n) is 7.09. The average molecular weight is 427 g/mol. The molecule has 0 radical (unpaired) electrons. The van der Waals surface area contributed by atoms with E-state index in [4.69, 9.17) is 24.5 Å². The Hall–Kier alpha value is -2.94. The first kappa shape index (κ1) is 22.7. The number of hydrogen-bond acceptors (Lipinski definition) is 7. The summed E-state index contributed by atoms with van der Waals surface area (Å²) in [5.41, 5.74) is 10.8. The van der Waals surface area contributed by atoms with E-state index < -0.39 is 36.6 Å². The molecule has 3 rings (SSSR count). The Morgan fingerprint density at radius 3 is 2.10 bits per heavy atom. The number of aliphatic hydroxyl groups excluding tert-OH is 1. The molecule has 0 unspecified atom stereocenters. The van der Waals surface area contributed by atoms with Crippen molar-refractivity contribution in [2.24, 2.45) is 5.11 Å². The van der Waals surface area contributed by atoms with E-state index in [0.717, 1.165) is 11.1 Å². The second-order valence-corrected chi connectivity index (χ2v) is 7.09. The number of azide groups is 1. The molecule has 0 aliphatic carbocycles. The van der Waals surface area contributed by atoms with Gasteiger partial charge >= 0.3 is 5.97 Å². The zero-order valence-corrected chi connectivity index (χ0v) is 17.1. The van der Waals surface area contributed by atoms with Crippen LogP contribution in [0.5, 0.6) is 0 Å². The SMILES string of the molecule is CC(=O)OC[C@H]1O[C@H](O)[C@H](N=[N+]=[N-])[C@@H](OCc2ccccc2)[C@@H]1OCc1ccccc1. The molecular weight excluding hydrogens is 402 g/mol. The third-order valence-corrected chi connectivity index (χ3v) is 4.84. The van der Waals surface area contributed by atoms with E-state index in [9.17, 15) is 9.90 Å². The molecule has 1 aliphatic rings. The molecule has 9 nitrogen and oxygen atoms in total. The van der Waals surface area contributed by atoms with Gasteiger partial charge in [0.15, 0.2) is 6.29 Å². The van der Waals surface area contributed by atoms with Crippen molar-refractivity contribution in [2.75, 3.05) is 6.61 Å². The minimum absolute atomic E-state index is 0.139. The molecule has 0 amide bonds. The zero-order chi connectivity index (χ0) is 22.1. The summed E-state index contributed by atoms with van der Waals surface area (Å²) in [4.78, 5) is 14.2. The van der Waals surface area contributed by atoms with Gasteiger partial charge in [-0.2, -0.15) is 0 Å². The van der Waals surface area contributed by atoms with Crippen LogP contribution < -0.4 is 0 Å². The monoisotopic (exact) mass is 427 g/mol. The van der Waals surface area contributed by atoms with Crippen LogP contribution in [0, 0.1) is 0 Å². The molecule has 1 saturated heterocycles. The predicted molar refractivity (Wildman–Crippen MR) is 110 cm³/mol. The maximum absolute atomic E-state index is 11.3. The molecule has 9 heteroatoms. The molecule has 5 atom stereocenters. The van der Waals surface area contributed by atoms with Gasteiger partial charge in [-0.05, 0) is 16.7 Å². The molecule has 164 valence electrons. The first-order valence-electron chi connectivity index (χ1n) is 9.90. The van der Waals surface area contributed by atoms with Gasteiger partial charge in [-0.1, -0.05) is 65.8 Å². The Bertz CT molecular complexity index is 875. The van der Waals surface area contributed by atoms with Gasteiger partial charge in [0, 0.05) is 11.8 Å². The van der Waals surface area contributed by atoms with Crippen LogP contribution in [0.15, 0.2) is 65.8 Å². The van der Waals surface area contributed by atoms with E-state index in [1.165, 1.54) is 6.92 Å². The summed E-state index contributed by atoms with van der Waals surface area (Å²) in [6, 6.07) is 17.9. The topological polar surface area (TPSA) is 123 Å². The first-order chi connectivity index (χ1) is 15.1. The van der Waals surface area contributed by atoms with Crippen LogP contribution in [0.1, 0.15) is 18.1 Å². The van der Waals surface area contributed by atoms with Gasteiger partial charge in [0.2, 0.25) is 0 Å². The van der Waals surface area contributed by atoms with Gasteiger partial charge in [0.1, 0.15) is 31.0 Å². The number of nitrogens with zero attached hydrogens (tertiary/aromatic N) is 3. The minimum atomic E-state index is -1.44. The molecule has 0 saturated carbocycles. The van der Waals surface area contributed by atoms with E-state index in [1.807, 2.05) is 60.7 Å². The van der Waals surface area contributed by atoms with Crippen LogP contribution in [-0.4, -0.2) is 48.3 Å². The highest BCUT2D eigenvalue weighted by atomic mass is 16.7. The lowest BCUT2D eigenvalue weighted by atomic mass is 9.96. The minimum Gasteiger partial charge on any atom is -0.463 e. The maximum atomic E-state index is 11.3. The molecule has 1 fully saturated rings. The fraction of sp³-hybridized carbons (Fsp3) is 0.409. The van der Waals surface area contributed by atoms with Gasteiger partial charge in [0.25, 0.3) is 0 Å². The molecule has 2 aromatic carbocycles. The van der Waals surface area contributed by atoms with E-state index in [2.05, 4.69) is 10.0 Å². The number of ether oxygens (including phenoxy) is 4. The highest BCUT2D eigenvalue weighted by molar-refractivity contribution is 5.65. The highest BCUT2D eigenvalue weighted by Crippen LogP contribution is 2.29. The fourth-order valence-electron chi connectivity index (χ4n) is 3.35. The number of carbonyl (C=O) groups is 1. The van der Waals surface area contributed by atoms with Crippen molar-refractivity contribution in [1.82, 2.24) is 0 Å².